The molecule has 3 aromatic rings. The third-order valence-electron chi connectivity index (χ3n) is 7.43. The number of carbonyl (C=O) groups is 2. The Balaban J connectivity index is 1.19. The number of esters is 1. The van der Waals surface area contributed by atoms with Crippen LogP contribution in [0.3, 0.4) is 0 Å². The van der Waals surface area contributed by atoms with E-state index < -0.39 is 23.9 Å². The Morgan fingerprint density at radius 2 is 1.97 bits per heavy atom. The number of halogens is 3. The number of nitrogens with one attached hydrogen (secondary N) is 1. The Hall–Kier alpha value is -3.24. The topological polar surface area (TPSA) is 93.9 Å². The minimum Gasteiger partial charge on any atom is -0.469 e. The van der Waals surface area contributed by atoms with Crippen molar-refractivity contribution in [1.29, 1.82) is 0 Å². The molecule has 11 heteroatoms. The van der Waals surface area contributed by atoms with Crippen LogP contribution in [0.5, 0.6) is 0 Å². The van der Waals surface area contributed by atoms with Gasteiger partial charge in [-0.05, 0) is 55.5 Å². The van der Waals surface area contributed by atoms with Gasteiger partial charge in [0.1, 0.15) is 17.5 Å². The van der Waals surface area contributed by atoms with Crippen molar-refractivity contribution < 1.29 is 32.3 Å². The van der Waals surface area contributed by atoms with E-state index in [1.54, 1.807) is 12.1 Å². The lowest BCUT2D eigenvalue weighted by Crippen LogP contribution is -2.40. The maximum absolute atomic E-state index is 15.0. The number of alkyl halides is 1. The number of anilines is 2. The molecule has 0 bridgehead atoms. The molecule has 1 aromatic heterocycles. The van der Waals surface area contributed by atoms with E-state index in [1.165, 1.54) is 24.1 Å². The molecule has 39 heavy (non-hydrogen) atoms. The van der Waals surface area contributed by atoms with Gasteiger partial charge in [-0.2, -0.15) is 4.98 Å². The molecule has 1 N–H and O–H groups in total. The second-order valence-corrected chi connectivity index (χ2v) is 10.5. The maximum Gasteiger partial charge on any atom is 0.308 e. The van der Waals surface area contributed by atoms with Crippen molar-refractivity contribution in [2.45, 2.75) is 56.8 Å². The zero-order chi connectivity index (χ0) is 27.5. The van der Waals surface area contributed by atoms with Crippen LogP contribution in [0, 0.1) is 11.7 Å². The number of hydrogen-bond donors (Lipinski definition) is 1. The molecule has 1 amide bonds. The van der Waals surface area contributed by atoms with Crippen molar-refractivity contribution in [1.82, 2.24) is 9.88 Å². The summed E-state index contributed by atoms with van der Waals surface area (Å²) in [5.74, 6) is -1.35. The first kappa shape index (κ1) is 27.3. The molecule has 1 aliphatic heterocycles. The zero-order valence-electron chi connectivity index (χ0n) is 21.5. The van der Waals surface area contributed by atoms with Crippen LogP contribution in [0.1, 0.15) is 37.7 Å². The highest BCUT2D eigenvalue weighted by molar-refractivity contribution is 6.33. The van der Waals surface area contributed by atoms with Crippen LogP contribution in [-0.4, -0.2) is 60.3 Å². The molecule has 2 fully saturated rings. The number of ether oxygens (including phenoxy) is 2. The van der Waals surface area contributed by atoms with Gasteiger partial charge in [0.25, 0.3) is 6.01 Å². The van der Waals surface area contributed by atoms with E-state index in [0.29, 0.717) is 36.8 Å². The Labute approximate surface area is 229 Å². The molecule has 2 aliphatic rings. The molecule has 0 unspecified atom stereocenters. The van der Waals surface area contributed by atoms with Crippen LogP contribution < -0.4 is 5.32 Å². The van der Waals surface area contributed by atoms with Gasteiger partial charge < -0.3 is 24.1 Å². The molecule has 8 nitrogen and oxygen atoms in total. The molecule has 0 radical (unpaired) electrons. The smallest absolute Gasteiger partial charge is 0.308 e. The Morgan fingerprint density at radius 3 is 2.72 bits per heavy atom. The lowest BCUT2D eigenvalue weighted by molar-refractivity contribution is -0.148. The average molecular weight is 562 g/mol. The molecule has 1 saturated carbocycles. The monoisotopic (exact) mass is 561 g/mol. The number of oxazole rings is 1. The lowest BCUT2D eigenvalue weighted by atomic mass is 9.87. The molecule has 1 saturated heterocycles. The summed E-state index contributed by atoms with van der Waals surface area (Å²) < 4.78 is 45.8. The number of benzene rings is 2. The average Bonchev–Trinajstić information content (AvgIpc) is 3.52. The highest BCUT2D eigenvalue weighted by Gasteiger charge is 2.37. The highest BCUT2D eigenvalue weighted by atomic mass is 35.5. The van der Waals surface area contributed by atoms with E-state index in [-0.39, 0.29) is 66.3 Å². The van der Waals surface area contributed by atoms with E-state index in [4.69, 9.17) is 25.5 Å². The quantitative estimate of drug-likeness (QED) is 0.358. The Morgan fingerprint density at radius 1 is 1.21 bits per heavy atom. The fourth-order valence-corrected chi connectivity index (χ4v) is 5.56. The fraction of sp³-hybridized carbons (Fsp3) is 0.464. The number of hydrogen-bond acceptors (Lipinski definition) is 7. The summed E-state index contributed by atoms with van der Waals surface area (Å²) in [6.45, 7) is 0.130. The van der Waals surface area contributed by atoms with Crippen LogP contribution in [0.15, 0.2) is 40.8 Å². The first-order chi connectivity index (χ1) is 18.8. The first-order valence-corrected chi connectivity index (χ1v) is 13.4. The minimum atomic E-state index is -1.17. The number of carbonyl (C=O) groups excluding carboxylic acids is 2. The number of fused-ring (bicyclic) bond motifs is 1. The van der Waals surface area contributed by atoms with Crippen molar-refractivity contribution in [3.05, 3.63) is 52.8 Å². The second kappa shape index (κ2) is 11.9. The van der Waals surface area contributed by atoms with Crippen LogP contribution in [0.25, 0.3) is 11.1 Å². The van der Waals surface area contributed by atoms with E-state index in [9.17, 15) is 14.0 Å². The molecule has 2 atom stereocenters. The van der Waals surface area contributed by atoms with Gasteiger partial charge in [-0.15, -0.1) is 0 Å². The van der Waals surface area contributed by atoms with Crippen molar-refractivity contribution in [3.8, 4) is 0 Å². The summed E-state index contributed by atoms with van der Waals surface area (Å²) >= 11 is 6.39. The van der Waals surface area contributed by atoms with Crippen molar-refractivity contribution in [3.63, 3.8) is 0 Å². The van der Waals surface area contributed by atoms with E-state index in [0.717, 1.165) is 0 Å². The van der Waals surface area contributed by atoms with Crippen molar-refractivity contribution in [2.24, 2.45) is 5.92 Å². The van der Waals surface area contributed by atoms with E-state index >= 15 is 4.39 Å². The van der Waals surface area contributed by atoms with Gasteiger partial charge in [0.2, 0.25) is 5.91 Å². The summed E-state index contributed by atoms with van der Waals surface area (Å²) in [5.41, 5.74) is 1.57. The van der Waals surface area contributed by atoms with Gasteiger partial charge >= 0.3 is 5.97 Å². The van der Waals surface area contributed by atoms with Gasteiger partial charge in [-0.25, -0.2) is 8.78 Å². The summed E-state index contributed by atoms with van der Waals surface area (Å²) in [6.07, 6.45) is 1.43. The number of nitrogens with zero attached hydrogens (tertiary/aromatic N) is 2. The van der Waals surface area contributed by atoms with Gasteiger partial charge in [0.15, 0.2) is 5.58 Å². The molecule has 2 heterocycles. The molecular formula is C28H30ClF2N3O5. The van der Waals surface area contributed by atoms with E-state index in [1.807, 2.05) is 12.1 Å². The number of rotatable bonds is 8. The molecule has 1 aliphatic carbocycles. The number of aromatic nitrogens is 1. The predicted molar refractivity (Wildman–Crippen MR) is 141 cm³/mol. The van der Waals surface area contributed by atoms with Gasteiger partial charge in [-0.3, -0.25) is 9.59 Å². The van der Waals surface area contributed by atoms with Gasteiger partial charge in [0.05, 0.1) is 55.5 Å². The third-order valence-corrected chi connectivity index (χ3v) is 7.74. The zero-order valence-corrected chi connectivity index (χ0v) is 22.3. The largest absolute Gasteiger partial charge is 0.469 e. The van der Waals surface area contributed by atoms with Crippen LogP contribution >= 0.6 is 11.6 Å². The molecular weight excluding hydrogens is 532 g/mol. The van der Waals surface area contributed by atoms with Crippen LogP contribution in [0.2, 0.25) is 5.02 Å². The van der Waals surface area contributed by atoms with Crippen LogP contribution in [-0.2, 0) is 25.5 Å². The summed E-state index contributed by atoms with van der Waals surface area (Å²) in [5, 5.41) is 3.06. The van der Waals surface area contributed by atoms with Crippen molar-refractivity contribution in [2.75, 3.05) is 25.6 Å². The summed E-state index contributed by atoms with van der Waals surface area (Å²) in [6, 6.07) is 9.48. The lowest BCUT2D eigenvalue weighted by Gasteiger charge is -2.30. The van der Waals surface area contributed by atoms with Crippen molar-refractivity contribution >= 4 is 46.3 Å². The van der Waals surface area contributed by atoms with Gasteiger partial charge in [0, 0.05) is 6.42 Å². The minimum absolute atomic E-state index is 0.0564. The molecule has 0 spiro atoms. The van der Waals surface area contributed by atoms with Gasteiger partial charge in [-0.1, -0.05) is 23.7 Å². The normalized spacial score (nSPS) is 23.2. The second-order valence-electron chi connectivity index (χ2n) is 10.1. The van der Waals surface area contributed by atoms with E-state index in [2.05, 4.69) is 10.3 Å². The molecule has 208 valence electrons. The number of amides is 1. The number of para-hydroxylation sites is 2. The third kappa shape index (κ3) is 6.33. The van der Waals surface area contributed by atoms with Crippen LogP contribution in [0.4, 0.5) is 20.5 Å². The standard InChI is InChI=1S/C28H30ClF2N3O5/c1-37-27(36)16-6-8-20(9-7-16)38-15-19-12-18(30)14-34(19)26(35)11-17-10-21(29)24(13-22(17)31)33-28-32-23-4-2-3-5-25(23)39-28/h2-5,10,13,16,18-20H,6-9,11-12,14-15H2,1H3,(H,32,33)/t16?,18-,19-,20?/m0/s1. The number of methoxy groups -OCH3 is 1. The fourth-order valence-electron chi connectivity index (χ4n) is 5.33. The highest BCUT2D eigenvalue weighted by Crippen LogP contribution is 2.32. The number of likely N-dealkylation sites (tertiary alicyclic amines) is 1. The summed E-state index contributed by atoms with van der Waals surface area (Å²) in [7, 11) is 1.38. The SMILES string of the molecule is COC(=O)C1CCC(OC[C@@H]2C[C@H](F)CN2C(=O)Cc2cc(Cl)c(Nc3nc4ccccc4o3)cc2F)CC1. The molecule has 2 aromatic carbocycles. The maximum atomic E-state index is 15.0. The predicted octanol–water partition coefficient (Wildman–Crippen LogP) is 5.59. The first-order valence-electron chi connectivity index (χ1n) is 13.0. The Kier molecular flexibility index (Phi) is 8.32. The Bertz CT molecular complexity index is 1310. The summed E-state index contributed by atoms with van der Waals surface area (Å²) in [4.78, 5) is 30.6. The molecule has 5 rings (SSSR count).